The monoisotopic (exact) mass is 368 g/mol. The van der Waals surface area contributed by atoms with Crippen molar-refractivity contribution in [2.75, 3.05) is 37.5 Å². The maximum atomic E-state index is 2.23. The molecule has 0 nitrogen and oxygen atoms in total. The summed E-state index contributed by atoms with van der Waals surface area (Å²) >= 11 is 0. The first-order chi connectivity index (χ1) is 8.66. The van der Waals surface area contributed by atoms with E-state index in [1.165, 1.54) is 25.7 Å². The third-order valence-corrected chi connectivity index (χ3v) is 5.46. The Morgan fingerprint density at radius 1 is 0.444 bits per heavy atom. The summed E-state index contributed by atoms with van der Waals surface area (Å²) < 4.78 is 0. The van der Waals surface area contributed by atoms with Crippen molar-refractivity contribution in [1.82, 2.24) is 0 Å². The fourth-order valence-corrected chi connectivity index (χ4v) is 0.500. The largest absolute Gasteiger partial charge is 0.0979 e. The molecule has 0 bridgehead atoms. The lowest BCUT2D eigenvalue weighted by Gasteiger charge is -1.86. The second kappa shape index (κ2) is 42.7. The van der Waals surface area contributed by atoms with Gasteiger partial charge in [-0.25, -0.2) is 0 Å². The summed E-state index contributed by atoms with van der Waals surface area (Å²) in [6.07, 6.45) is 17.9. The van der Waals surface area contributed by atoms with Crippen molar-refractivity contribution in [3.8, 4) is 0 Å². The lowest BCUT2D eigenvalue weighted by molar-refractivity contribution is 0.702. The molecule has 0 saturated carbocycles. The quantitative estimate of drug-likeness (QED) is 0.349. The Kier molecular flexibility index (Phi) is 67.2. The van der Waals surface area contributed by atoms with Gasteiger partial charge in [0.15, 0.2) is 0 Å². The molecule has 0 aliphatic rings. The molecule has 6 heteroatoms. The van der Waals surface area contributed by atoms with Gasteiger partial charge in [0.25, 0.3) is 0 Å². The molecule has 0 radical (unpaired) electrons. The Labute approximate surface area is 141 Å². The molecule has 0 saturated heterocycles. The van der Waals surface area contributed by atoms with Crippen LogP contribution in [0.5, 0.6) is 0 Å². The molecule has 0 spiro atoms. The van der Waals surface area contributed by atoms with Crippen LogP contribution in [-0.2, 0) is 0 Å². The third kappa shape index (κ3) is 80.7. The molecule has 0 aromatic heterocycles. The predicted octanol–water partition coefficient (Wildman–Crippen LogP) is 7.47. The minimum atomic E-state index is 1.36. The Morgan fingerprint density at radius 3 is 0.667 bits per heavy atom. The van der Waals surface area contributed by atoms with Crippen molar-refractivity contribution in [3.05, 3.63) is 0 Å². The van der Waals surface area contributed by atoms with Gasteiger partial charge in [-0.1, -0.05) is 104 Å². The maximum absolute atomic E-state index is 2.23. The Bertz CT molecular complexity index is 63.5. The SMILES string of the molecule is CCCCCC.CSSC.CSSC.CSSC. The van der Waals surface area contributed by atoms with E-state index in [1.807, 2.05) is 0 Å². The minimum absolute atomic E-state index is 1.36. The molecule has 0 aliphatic heterocycles. The van der Waals surface area contributed by atoms with Gasteiger partial charge >= 0.3 is 0 Å². The van der Waals surface area contributed by atoms with E-state index in [9.17, 15) is 0 Å². The summed E-state index contributed by atoms with van der Waals surface area (Å²) in [6.45, 7) is 4.46. The minimum Gasteiger partial charge on any atom is -0.0979 e. The first kappa shape index (κ1) is 28.3. The molecule has 0 amide bonds. The molecule has 18 heavy (non-hydrogen) atoms. The van der Waals surface area contributed by atoms with Gasteiger partial charge in [-0.3, -0.25) is 0 Å². The Morgan fingerprint density at radius 2 is 0.611 bits per heavy atom. The van der Waals surface area contributed by atoms with Crippen LogP contribution >= 0.6 is 64.8 Å². The molecule has 0 N–H and O–H groups in total. The van der Waals surface area contributed by atoms with Crippen molar-refractivity contribution in [2.24, 2.45) is 0 Å². The highest BCUT2D eigenvalue weighted by Gasteiger charge is 1.75. The van der Waals surface area contributed by atoms with Gasteiger partial charge < -0.3 is 0 Å². The highest BCUT2D eigenvalue weighted by molar-refractivity contribution is 8.76. The molecule has 116 valence electrons. The molecule has 0 unspecified atom stereocenters. The third-order valence-electron chi connectivity index (χ3n) is 1.46. The van der Waals surface area contributed by atoms with Crippen molar-refractivity contribution >= 4 is 64.8 Å². The lowest BCUT2D eigenvalue weighted by atomic mass is 10.2. The van der Waals surface area contributed by atoms with Gasteiger partial charge in [0.2, 0.25) is 0 Å². The smallest absolute Gasteiger partial charge is 0.00793 e. The van der Waals surface area contributed by atoms with Gasteiger partial charge in [0.05, 0.1) is 0 Å². The van der Waals surface area contributed by atoms with E-state index in [0.29, 0.717) is 0 Å². The standard InChI is InChI=1S/C6H14.3C2H6S2/c1-3-5-6-4-2;3*1-3-4-2/h3-6H2,1-2H3;3*1-2H3. The molecule has 0 aromatic carbocycles. The van der Waals surface area contributed by atoms with E-state index in [0.717, 1.165) is 0 Å². The summed E-state index contributed by atoms with van der Waals surface area (Å²) in [6, 6.07) is 0. The molecule has 0 rings (SSSR count). The fourth-order valence-electron chi connectivity index (χ4n) is 0.500. The molecule has 0 atom stereocenters. The van der Waals surface area contributed by atoms with Crippen LogP contribution in [0.15, 0.2) is 0 Å². The van der Waals surface area contributed by atoms with Crippen molar-refractivity contribution in [2.45, 2.75) is 39.5 Å². The van der Waals surface area contributed by atoms with Crippen LogP contribution in [0.1, 0.15) is 39.5 Å². The zero-order valence-electron chi connectivity index (χ0n) is 13.3. The van der Waals surface area contributed by atoms with Gasteiger partial charge in [-0.15, -0.1) is 0 Å². The first-order valence-corrected chi connectivity index (χ1v) is 14.8. The summed E-state index contributed by atoms with van der Waals surface area (Å²) in [5.41, 5.74) is 0. The number of hydrogen-bond acceptors (Lipinski definition) is 6. The molecule has 0 aliphatic carbocycles. The summed E-state index contributed by atoms with van der Waals surface area (Å²) in [7, 11) is 10.6. The van der Waals surface area contributed by atoms with Gasteiger partial charge in [-0.05, 0) is 37.5 Å². The number of rotatable bonds is 6. The van der Waals surface area contributed by atoms with Gasteiger partial charge in [0.1, 0.15) is 0 Å². The zero-order valence-corrected chi connectivity index (χ0v) is 18.2. The Hall–Kier alpha value is 2.10. The zero-order chi connectivity index (χ0) is 15.1. The number of unbranched alkanes of at least 4 members (excludes halogenated alkanes) is 3. The fraction of sp³-hybridized carbons (Fsp3) is 1.00. The van der Waals surface area contributed by atoms with Crippen LogP contribution in [0.4, 0.5) is 0 Å². The van der Waals surface area contributed by atoms with Crippen LogP contribution in [0.3, 0.4) is 0 Å². The van der Waals surface area contributed by atoms with Gasteiger partial charge in [-0.2, -0.15) is 0 Å². The first-order valence-electron chi connectivity index (χ1n) is 5.86. The van der Waals surface area contributed by atoms with Crippen molar-refractivity contribution < 1.29 is 0 Å². The van der Waals surface area contributed by atoms with Gasteiger partial charge in [0, 0.05) is 0 Å². The van der Waals surface area contributed by atoms with E-state index < -0.39 is 0 Å². The lowest BCUT2D eigenvalue weighted by Crippen LogP contribution is -1.66. The van der Waals surface area contributed by atoms with Crippen LogP contribution < -0.4 is 0 Å². The molecular weight excluding hydrogens is 337 g/mol. The van der Waals surface area contributed by atoms with E-state index in [-0.39, 0.29) is 0 Å². The summed E-state index contributed by atoms with van der Waals surface area (Å²) in [5, 5.41) is 0. The van der Waals surface area contributed by atoms with E-state index >= 15 is 0 Å². The normalized spacial score (nSPS) is 8.00. The van der Waals surface area contributed by atoms with E-state index in [1.54, 1.807) is 64.8 Å². The van der Waals surface area contributed by atoms with Crippen LogP contribution in [0.2, 0.25) is 0 Å². The van der Waals surface area contributed by atoms with Crippen LogP contribution in [0.25, 0.3) is 0 Å². The Balaban J connectivity index is -0.0000000742. The van der Waals surface area contributed by atoms with Crippen LogP contribution in [0, 0.1) is 0 Å². The molecule has 0 aromatic rings. The second-order valence-corrected chi connectivity index (χ2v) is 10.7. The second-order valence-electron chi connectivity index (χ2n) is 2.71. The molecule has 0 heterocycles. The topological polar surface area (TPSA) is 0 Å². The number of hydrogen-bond donors (Lipinski definition) is 0. The molecular formula is C12H32S6. The average Bonchev–Trinajstić information content (AvgIpc) is 2.45. The summed E-state index contributed by atoms with van der Waals surface area (Å²) in [5.74, 6) is 0. The van der Waals surface area contributed by atoms with Crippen molar-refractivity contribution in [1.29, 1.82) is 0 Å². The molecule has 0 fully saturated rings. The highest BCUT2D eigenvalue weighted by Crippen LogP contribution is 2.09. The van der Waals surface area contributed by atoms with E-state index in [2.05, 4.69) is 51.4 Å². The maximum Gasteiger partial charge on any atom is -0.00793 e. The van der Waals surface area contributed by atoms with E-state index in [4.69, 9.17) is 0 Å². The summed E-state index contributed by atoms with van der Waals surface area (Å²) in [4.78, 5) is 0. The van der Waals surface area contributed by atoms with Crippen molar-refractivity contribution in [3.63, 3.8) is 0 Å². The average molecular weight is 369 g/mol. The predicted molar refractivity (Wildman–Crippen MR) is 111 cm³/mol. The highest BCUT2D eigenvalue weighted by atomic mass is 33.1. The van der Waals surface area contributed by atoms with Crippen LogP contribution in [-0.4, -0.2) is 37.5 Å².